The van der Waals surface area contributed by atoms with Gasteiger partial charge in [0.25, 0.3) is 0 Å². The van der Waals surface area contributed by atoms with E-state index in [9.17, 15) is 8.42 Å². The monoisotopic (exact) mass is 442 g/mol. The SMILES string of the molecule is O=S(=O)(c1ccc(NC(c2cccc(Cl)c2)c2ccccn2)nc1)N1CCCCC1. The lowest BCUT2D eigenvalue weighted by atomic mass is 10.0. The van der Waals surface area contributed by atoms with Crippen molar-refractivity contribution in [3.8, 4) is 0 Å². The van der Waals surface area contributed by atoms with Crippen LogP contribution >= 0.6 is 11.6 Å². The Balaban J connectivity index is 1.59. The number of piperidine rings is 1. The van der Waals surface area contributed by atoms with E-state index in [2.05, 4.69) is 15.3 Å². The van der Waals surface area contributed by atoms with Gasteiger partial charge < -0.3 is 5.32 Å². The lowest BCUT2D eigenvalue weighted by Crippen LogP contribution is -2.35. The molecule has 0 radical (unpaired) electrons. The first-order valence-corrected chi connectivity index (χ1v) is 11.7. The van der Waals surface area contributed by atoms with Crippen LogP contribution in [0.5, 0.6) is 0 Å². The number of nitrogens with zero attached hydrogens (tertiary/aromatic N) is 3. The first kappa shape index (κ1) is 20.8. The van der Waals surface area contributed by atoms with Crippen LogP contribution in [0.3, 0.4) is 0 Å². The number of benzene rings is 1. The highest BCUT2D eigenvalue weighted by atomic mass is 35.5. The van der Waals surface area contributed by atoms with Crippen LogP contribution in [-0.2, 0) is 10.0 Å². The van der Waals surface area contributed by atoms with Crippen molar-refractivity contribution < 1.29 is 8.42 Å². The predicted octanol–water partition coefficient (Wildman–Crippen LogP) is 4.51. The third-order valence-electron chi connectivity index (χ3n) is 5.15. The lowest BCUT2D eigenvalue weighted by Gasteiger charge is -2.26. The van der Waals surface area contributed by atoms with Gasteiger partial charge in [0, 0.05) is 30.5 Å². The predicted molar refractivity (Wildman–Crippen MR) is 118 cm³/mol. The fourth-order valence-corrected chi connectivity index (χ4v) is 5.24. The Kier molecular flexibility index (Phi) is 6.32. The lowest BCUT2D eigenvalue weighted by molar-refractivity contribution is 0.346. The second-order valence-corrected chi connectivity index (χ2v) is 9.61. The molecule has 3 heterocycles. The van der Waals surface area contributed by atoms with Crippen LogP contribution in [-0.4, -0.2) is 35.8 Å². The highest BCUT2D eigenvalue weighted by Crippen LogP contribution is 2.27. The van der Waals surface area contributed by atoms with E-state index in [1.54, 1.807) is 22.6 Å². The summed E-state index contributed by atoms with van der Waals surface area (Å²) in [5.41, 5.74) is 1.75. The smallest absolute Gasteiger partial charge is 0.244 e. The Hall–Kier alpha value is -2.48. The van der Waals surface area contributed by atoms with Crippen molar-refractivity contribution in [1.82, 2.24) is 14.3 Å². The molecule has 1 N–H and O–H groups in total. The summed E-state index contributed by atoms with van der Waals surface area (Å²) in [5.74, 6) is 0.559. The molecule has 1 aliphatic rings. The molecule has 1 fully saturated rings. The second-order valence-electron chi connectivity index (χ2n) is 7.23. The summed E-state index contributed by atoms with van der Waals surface area (Å²) >= 11 is 6.19. The number of hydrogen-bond donors (Lipinski definition) is 1. The number of aromatic nitrogens is 2. The largest absolute Gasteiger partial charge is 0.358 e. The molecule has 0 amide bonds. The van der Waals surface area contributed by atoms with Crippen LogP contribution < -0.4 is 5.32 Å². The van der Waals surface area contributed by atoms with Crippen molar-refractivity contribution in [1.29, 1.82) is 0 Å². The minimum absolute atomic E-state index is 0.215. The Morgan fingerprint density at radius 2 is 1.80 bits per heavy atom. The molecule has 1 unspecified atom stereocenters. The average molecular weight is 443 g/mol. The molecule has 1 atom stereocenters. The van der Waals surface area contributed by atoms with E-state index in [1.807, 2.05) is 42.5 Å². The highest BCUT2D eigenvalue weighted by molar-refractivity contribution is 7.89. The van der Waals surface area contributed by atoms with Gasteiger partial charge in [-0.25, -0.2) is 13.4 Å². The van der Waals surface area contributed by atoms with Crippen LogP contribution in [0.15, 0.2) is 71.9 Å². The van der Waals surface area contributed by atoms with Crippen molar-refractivity contribution in [2.75, 3.05) is 18.4 Å². The zero-order chi connectivity index (χ0) is 21.0. The zero-order valence-electron chi connectivity index (χ0n) is 16.4. The third kappa shape index (κ3) is 4.64. The van der Waals surface area contributed by atoms with E-state index in [-0.39, 0.29) is 10.9 Å². The average Bonchev–Trinajstić information content (AvgIpc) is 2.79. The third-order valence-corrected chi connectivity index (χ3v) is 7.26. The fraction of sp³-hybridized carbons (Fsp3) is 0.273. The summed E-state index contributed by atoms with van der Waals surface area (Å²) < 4.78 is 27.2. The number of halogens is 1. The van der Waals surface area contributed by atoms with Gasteiger partial charge in [0.15, 0.2) is 0 Å². The normalized spacial score (nSPS) is 16.2. The first-order valence-electron chi connectivity index (χ1n) is 9.93. The number of sulfonamides is 1. The number of anilines is 1. The second kappa shape index (κ2) is 9.12. The van der Waals surface area contributed by atoms with Crippen molar-refractivity contribution >= 4 is 27.4 Å². The summed E-state index contributed by atoms with van der Waals surface area (Å²) in [6.45, 7) is 1.14. The van der Waals surface area contributed by atoms with Gasteiger partial charge in [-0.3, -0.25) is 4.98 Å². The highest BCUT2D eigenvalue weighted by Gasteiger charge is 2.26. The molecule has 0 spiro atoms. The summed E-state index contributed by atoms with van der Waals surface area (Å²) in [6.07, 6.45) is 6.02. The summed E-state index contributed by atoms with van der Waals surface area (Å²) in [4.78, 5) is 9.05. The number of nitrogens with one attached hydrogen (secondary N) is 1. The topological polar surface area (TPSA) is 75.2 Å². The summed E-state index contributed by atoms with van der Waals surface area (Å²) in [5, 5.41) is 3.99. The van der Waals surface area contributed by atoms with Gasteiger partial charge in [-0.2, -0.15) is 4.31 Å². The minimum atomic E-state index is -3.50. The number of rotatable bonds is 6. The van der Waals surface area contributed by atoms with Gasteiger partial charge in [-0.05, 0) is 54.8 Å². The van der Waals surface area contributed by atoms with E-state index in [4.69, 9.17) is 11.6 Å². The van der Waals surface area contributed by atoms with Crippen LogP contribution in [0, 0.1) is 0 Å². The van der Waals surface area contributed by atoms with Crippen molar-refractivity contribution in [2.45, 2.75) is 30.2 Å². The molecule has 156 valence electrons. The Bertz CT molecular complexity index is 1090. The van der Waals surface area contributed by atoms with Crippen LogP contribution in [0.25, 0.3) is 0 Å². The maximum atomic E-state index is 12.8. The maximum absolute atomic E-state index is 12.8. The zero-order valence-corrected chi connectivity index (χ0v) is 18.0. The van der Waals surface area contributed by atoms with Crippen LogP contribution in [0.4, 0.5) is 5.82 Å². The van der Waals surface area contributed by atoms with Gasteiger partial charge in [-0.15, -0.1) is 0 Å². The first-order chi connectivity index (χ1) is 14.5. The molecule has 6 nitrogen and oxygen atoms in total. The Morgan fingerprint density at radius 1 is 0.967 bits per heavy atom. The van der Waals surface area contributed by atoms with Gasteiger partial charge in [0.05, 0.1) is 11.7 Å². The standard InChI is InChI=1S/C22H23ClN4O2S/c23-18-8-6-7-17(15-18)22(20-9-2-3-12-24-20)26-21-11-10-19(16-25-21)30(28,29)27-13-4-1-5-14-27/h2-3,6-12,15-16,22H,1,4-5,13-14H2,(H,25,26). The molecular weight excluding hydrogens is 420 g/mol. The molecule has 0 bridgehead atoms. The Morgan fingerprint density at radius 3 is 2.47 bits per heavy atom. The van der Waals surface area contributed by atoms with E-state index < -0.39 is 10.0 Å². The molecule has 4 rings (SSSR count). The van der Waals surface area contributed by atoms with E-state index in [1.165, 1.54) is 6.20 Å². The van der Waals surface area contributed by atoms with Gasteiger partial charge in [0.2, 0.25) is 10.0 Å². The molecule has 1 saturated heterocycles. The molecule has 0 saturated carbocycles. The molecule has 2 aromatic heterocycles. The molecule has 1 aliphatic heterocycles. The Labute approximate surface area is 182 Å². The summed E-state index contributed by atoms with van der Waals surface area (Å²) in [7, 11) is -3.50. The van der Waals surface area contributed by atoms with Crippen molar-refractivity contribution in [3.05, 3.63) is 83.3 Å². The molecule has 1 aromatic carbocycles. The maximum Gasteiger partial charge on any atom is 0.244 e. The molecule has 8 heteroatoms. The fourth-order valence-electron chi connectivity index (χ4n) is 3.58. The number of hydrogen-bond acceptors (Lipinski definition) is 5. The quantitative estimate of drug-likeness (QED) is 0.608. The minimum Gasteiger partial charge on any atom is -0.358 e. The van der Waals surface area contributed by atoms with Crippen LogP contribution in [0.1, 0.15) is 36.6 Å². The van der Waals surface area contributed by atoms with Crippen molar-refractivity contribution in [2.24, 2.45) is 0 Å². The molecule has 30 heavy (non-hydrogen) atoms. The van der Waals surface area contributed by atoms with Gasteiger partial charge >= 0.3 is 0 Å². The van der Waals surface area contributed by atoms with E-state index >= 15 is 0 Å². The van der Waals surface area contributed by atoms with Crippen molar-refractivity contribution in [3.63, 3.8) is 0 Å². The summed E-state index contributed by atoms with van der Waals surface area (Å²) in [6, 6.07) is 16.3. The van der Waals surface area contributed by atoms with Gasteiger partial charge in [0.1, 0.15) is 10.7 Å². The molecular formula is C22H23ClN4O2S. The molecule has 3 aromatic rings. The van der Waals surface area contributed by atoms with Crippen LogP contribution in [0.2, 0.25) is 5.02 Å². The van der Waals surface area contributed by atoms with E-state index in [0.29, 0.717) is 23.9 Å². The van der Waals surface area contributed by atoms with E-state index in [0.717, 1.165) is 30.5 Å². The van der Waals surface area contributed by atoms with Gasteiger partial charge in [-0.1, -0.05) is 36.2 Å². The number of pyridine rings is 2. The molecule has 0 aliphatic carbocycles.